The molecule has 0 bridgehead atoms. The van der Waals surface area contributed by atoms with Crippen molar-refractivity contribution in [3.8, 4) is 0 Å². The Morgan fingerprint density at radius 2 is 1.82 bits per heavy atom. The van der Waals surface area contributed by atoms with Gasteiger partial charge in [-0.05, 0) is 24.2 Å². The van der Waals surface area contributed by atoms with E-state index < -0.39 is 0 Å². The Morgan fingerprint density at radius 3 is 2.09 bits per heavy atom. The summed E-state index contributed by atoms with van der Waals surface area (Å²) in [6.45, 7) is 12.9. The summed E-state index contributed by atoms with van der Waals surface area (Å²) in [6, 6.07) is 0. The predicted molar refractivity (Wildman–Crippen MR) is 50.5 cm³/mol. The molecular formula is C11H18. The third kappa shape index (κ3) is 1.15. The molecule has 0 aliphatic heterocycles. The van der Waals surface area contributed by atoms with Crippen LogP contribution in [-0.2, 0) is 0 Å². The van der Waals surface area contributed by atoms with E-state index in [0.717, 1.165) is 0 Å². The molecule has 0 spiro atoms. The fourth-order valence-corrected chi connectivity index (χ4v) is 1.87. The highest BCUT2D eigenvalue weighted by Gasteiger charge is 2.57. The summed E-state index contributed by atoms with van der Waals surface area (Å²) in [4.78, 5) is 0. The molecule has 1 unspecified atom stereocenters. The van der Waals surface area contributed by atoms with Crippen LogP contribution in [0.2, 0.25) is 0 Å². The van der Waals surface area contributed by atoms with Crippen molar-refractivity contribution in [2.45, 2.75) is 34.1 Å². The highest BCUT2D eigenvalue weighted by molar-refractivity contribution is 5.28. The van der Waals surface area contributed by atoms with E-state index in [2.05, 4.69) is 40.3 Å². The highest BCUT2D eigenvalue weighted by atomic mass is 14.6. The van der Waals surface area contributed by atoms with E-state index in [1.54, 1.807) is 0 Å². The maximum Gasteiger partial charge on any atom is -0.00592 e. The largest absolute Gasteiger partial charge is 0.0991 e. The first kappa shape index (κ1) is 8.58. The van der Waals surface area contributed by atoms with Crippen molar-refractivity contribution in [1.82, 2.24) is 0 Å². The molecule has 0 aromatic heterocycles. The van der Waals surface area contributed by atoms with Crippen LogP contribution < -0.4 is 0 Å². The minimum absolute atomic E-state index is 0.446. The second-order valence-electron chi connectivity index (χ2n) is 4.48. The van der Waals surface area contributed by atoms with Crippen molar-refractivity contribution in [3.63, 3.8) is 0 Å². The van der Waals surface area contributed by atoms with Gasteiger partial charge in [-0.3, -0.25) is 0 Å². The maximum atomic E-state index is 3.71. The lowest BCUT2D eigenvalue weighted by molar-refractivity contribution is 0.480. The Labute approximate surface area is 70.0 Å². The molecule has 1 saturated carbocycles. The summed E-state index contributed by atoms with van der Waals surface area (Å²) in [5.74, 6) is 0. The van der Waals surface area contributed by atoms with E-state index in [9.17, 15) is 0 Å². The second-order valence-corrected chi connectivity index (χ2v) is 4.48. The molecule has 0 aromatic rings. The molecule has 0 aromatic carbocycles. The van der Waals surface area contributed by atoms with E-state index >= 15 is 0 Å². The van der Waals surface area contributed by atoms with Crippen molar-refractivity contribution in [1.29, 1.82) is 0 Å². The topological polar surface area (TPSA) is 0 Å². The first-order valence-corrected chi connectivity index (χ1v) is 4.24. The Balaban J connectivity index is 2.79. The fraction of sp³-hybridized carbons (Fsp3) is 0.636. The Hall–Kier alpha value is -0.520. The monoisotopic (exact) mass is 150 g/mol. The van der Waals surface area contributed by atoms with Gasteiger partial charge in [-0.15, -0.1) is 0 Å². The quantitative estimate of drug-likeness (QED) is 0.528. The highest BCUT2D eigenvalue weighted by Crippen LogP contribution is 2.66. The molecular weight excluding hydrogens is 132 g/mol. The van der Waals surface area contributed by atoms with Crippen LogP contribution >= 0.6 is 0 Å². The Morgan fingerprint density at radius 1 is 1.36 bits per heavy atom. The van der Waals surface area contributed by atoms with E-state index in [4.69, 9.17) is 0 Å². The SMILES string of the molecule is C=CC=C(C)C1(C)CC1(C)C. The van der Waals surface area contributed by atoms with Gasteiger partial charge in [0.15, 0.2) is 0 Å². The molecule has 1 aliphatic rings. The third-order valence-electron chi connectivity index (χ3n) is 3.40. The van der Waals surface area contributed by atoms with Gasteiger partial charge in [-0.1, -0.05) is 45.1 Å². The van der Waals surface area contributed by atoms with Crippen molar-refractivity contribution in [2.24, 2.45) is 10.8 Å². The zero-order chi connectivity index (χ0) is 8.70. The van der Waals surface area contributed by atoms with E-state index in [1.807, 2.05) is 6.08 Å². The van der Waals surface area contributed by atoms with Crippen molar-refractivity contribution in [2.75, 3.05) is 0 Å². The van der Waals surface area contributed by atoms with Crippen LogP contribution in [-0.4, -0.2) is 0 Å². The van der Waals surface area contributed by atoms with Crippen molar-refractivity contribution >= 4 is 0 Å². The van der Waals surface area contributed by atoms with Gasteiger partial charge in [-0.2, -0.15) is 0 Å². The first-order chi connectivity index (χ1) is 4.94. The van der Waals surface area contributed by atoms with Gasteiger partial charge >= 0.3 is 0 Å². The Kier molecular flexibility index (Phi) is 1.74. The molecule has 1 atom stereocenters. The molecule has 1 fully saturated rings. The Bertz CT molecular complexity index is 208. The summed E-state index contributed by atoms with van der Waals surface area (Å²) in [5.41, 5.74) is 2.43. The smallest absolute Gasteiger partial charge is 0.00592 e. The van der Waals surface area contributed by atoms with Crippen LogP contribution in [0.5, 0.6) is 0 Å². The molecule has 1 rings (SSSR count). The normalized spacial score (nSPS) is 35.1. The molecule has 62 valence electrons. The summed E-state index contributed by atoms with van der Waals surface area (Å²) in [7, 11) is 0. The molecule has 0 heteroatoms. The lowest BCUT2D eigenvalue weighted by Gasteiger charge is -2.14. The van der Waals surface area contributed by atoms with Gasteiger partial charge in [0.25, 0.3) is 0 Å². The lowest BCUT2D eigenvalue weighted by atomic mass is 9.90. The van der Waals surface area contributed by atoms with E-state index in [0.29, 0.717) is 10.8 Å². The maximum absolute atomic E-state index is 3.71. The van der Waals surface area contributed by atoms with Crippen molar-refractivity contribution < 1.29 is 0 Å². The van der Waals surface area contributed by atoms with Crippen LogP contribution in [0.1, 0.15) is 34.1 Å². The third-order valence-corrected chi connectivity index (χ3v) is 3.40. The van der Waals surface area contributed by atoms with Crippen LogP contribution in [0.4, 0.5) is 0 Å². The molecule has 0 nitrogen and oxygen atoms in total. The van der Waals surface area contributed by atoms with Crippen LogP contribution in [0, 0.1) is 10.8 Å². The predicted octanol–water partition coefficient (Wildman–Crippen LogP) is 3.55. The van der Waals surface area contributed by atoms with E-state index in [-0.39, 0.29) is 0 Å². The molecule has 0 saturated heterocycles. The van der Waals surface area contributed by atoms with Gasteiger partial charge in [0.1, 0.15) is 0 Å². The number of rotatable bonds is 2. The van der Waals surface area contributed by atoms with Gasteiger partial charge in [0.2, 0.25) is 0 Å². The average molecular weight is 150 g/mol. The zero-order valence-corrected chi connectivity index (χ0v) is 8.07. The molecule has 0 radical (unpaired) electrons. The molecule has 0 N–H and O–H groups in total. The van der Waals surface area contributed by atoms with Crippen LogP contribution in [0.3, 0.4) is 0 Å². The fourth-order valence-electron chi connectivity index (χ4n) is 1.87. The molecule has 1 aliphatic carbocycles. The number of hydrogen-bond donors (Lipinski definition) is 0. The second kappa shape index (κ2) is 2.23. The number of hydrogen-bond acceptors (Lipinski definition) is 0. The van der Waals surface area contributed by atoms with Gasteiger partial charge in [0, 0.05) is 0 Å². The molecule has 0 heterocycles. The van der Waals surface area contributed by atoms with Crippen LogP contribution in [0.25, 0.3) is 0 Å². The first-order valence-electron chi connectivity index (χ1n) is 4.24. The standard InChI is InChI=1S/C11H18/c1-6-7-9(2)11(5)8-10(11,3)4/h6-7H,1,8H2,2-5H3. The molecule has 11 heavy (non-hydrogen) atoms. The number of allylic oxidation sites excluding steroid dienone is 3. The minimum Gasteiger partial charge on any atom is -0.0991 e. The zero-order valence-electron chi connectivity index (χ0n) is 8.07. The summed E-state index contributed by atoms with van der Waals surface area (Å²) in [5, 5.41) is 0. The summed E-state index contributed by atoms with van der Waals surface area (Å²) >= 11 is 0. The van der Waals surface area contributed by atoms with Crippen LogP contribution in [0.15, 0.2) is 24.3 Å². The summed E-state index contributed by atoms with van der Waals surface area (Å²) < 4.78 is 0. The van der Waals surface area contributed by atoms with Gasteiger partial charge < -0.3 is 0 Å². The minimum atomic E-state index is 0.446. The van der Waals surface area contributed by atoms with Gasteiger partial charge in [-0.25, -0.2) is 0 Å². The van der Waals surface area contributed by atoms with Gasteiger partial charge in [0.05, 0.1) is 0 Å². The molecule has 0 amide bonds. The summed E-state index contributed by atoms with van der Waals surface area (Å²) in [6.07, 6.45) is 5.33. The van der Waals surface area contributed by atoms with E-state index in [1.165, 1.54) is 12.0 Å². The average Bonchev–Trinajstić information content (AvgIpc) is 2.35. The lowest BCUT2D eigenvalue weighted by Crippen LogP contribution is -2.04. The van der Waals surface area contributed by atoms with Crippen molar-refractivity contribution in [3.05, 3.63) is 24.3 Å².